The van der Waals surface area contributed by atoms with Gasteiger partial charge >= 0.3 is 0 Å². The maximum absolute atomic E-state index is 12.3. The van der Waals surface area contributed by atoms with Gasteiger partial charge in [-0.2, -0.15) is 0 Å². The lowest BCUT2D eigenvalue weighted by molar-refractivity contribution is 0.102. The third kappa shape index (κ3) is 5.40. The third-order valence-electron chi connectivity index (χ3n) is 3.67. The number of aryl methyl sites for hydroxylation is 1. The maximum atomic E-state index is 12.3. The van der Waals surface area contributed by atoms with Gasteiger partial charge < -0.3 is 10.6 Å². The van der Waals surface area contributed by atoms with Crippen molar-refractivity contribution < 1.29 is 4.79 Å². The van der Waals surface area contributed by atoms with Gasteiger partial charge in [0, 0.05) is 24.0 Å². The van der Waals surface area contributed by atoms with E-state index in [1.807, 2.05) is 24.3 Å². The molecular weight excluding hydrogens is 286 g/mol. The molecule has 2 aromatic rings. The van der Waals surface area contributed by atoms with E-state index in [4.69, 9.17) is 0 Å². The van der Waals surface area contributed by atoms with Crippen molar-refractivity contribution >= 4 is 17.4 Å². The molecule has 23 heavy (non-hydrogen) atoms. The Morgan fingerprint density at radius 3 is 2.57 bits per heavy atom. The van der Waals surface area contributed by atoms with E-state index in [1.54, 1.807) is 18.3 Å². The number of anilines is 2. The van der Waals surface area contributed by atoms with E-state index < -0.39 is 0 Å². The summed E-state index contributed by atoms with van der Waals surface area (Å²) in [4.78, 5) is 16.6. The Morgan fingerprint density at radius 1 is 1.17 bits per heavy atom. The Balaban J connectivity index is 1.98. The van der Waals surface area contributed by atoms with E-state index in [9.17, 15) is 4.79 Å². The van der Waals surface area contributed by atoms with Crippen LogP contribution < -0.4 is 10.6 Å². The first-order valence-corrected chi connectivity index (χ1v) is 8.18. The average Bonchev–Trinajstić information content (AvgIpc) is 2.55. The topological polar surface area (TPSA) is 54.0 Å². The van der Waals surface area contributed by atoms with Crippen LogP contribution in [0.25, 0.3) is 0 Å². The molecule has 1 aromatic carbocycles. The van der Waals surface area contributed by atoms with Gasteiger partial charge in [0.2, 0.25) is 0 Å². The number of hydrogen-bond acceptors (Lipinski definition) is 3. The number of hydrogen-bond donors (Lipinski definition) is 2. The van der Waals surface area contributed by atoms with Gasteiger partial charge in [0.05, 0.1) is 0 Å². The molecule has 1 amide bonds. The second-order valence-corrected chi connectivity index (χ2v) is 6.04. The first-order valence-electron chi connectivity index (χ1n) is 8.18. The summed E-state index contributed by atoms with van der Waals surface area (Å²) in [7, 11) is 0. The first-order chi connectivity index (χ1) is 11.1. The fourth-order valence-corrected chi connectivity index (χ4v) is 2.18. The molecular formula is C19H25N3O. The van der Waals surface area contributed by atoms with Gasteiger partial charge in [0.1, 0.15) is 5.82 Å². The van der Waals surface area contributed by atoms with E-state index in [-0.39, 0.29) is 5.91 Å². The summed E-state index contributed by atoms with van der Waals surface area (Å²) in [6.45, 7) is 7.33. The Labute approximate surface area is 138 Å². The number of nitrogens with one attached hydrogen (secondary N) is 2. The molecule has 0 saturated heterocycles. The van der Waals surface area contributed by atoms with Crippen molar-refractivity contribution in [3.63, 3.8) is 0 Å². The van der Waals surface area contributed by atoms with Crippen molar-refractivity contribution in [2.75, 3.05) is 17.2 Å². The predicted molar refractivity (Wildman–Crippen MR) is 96.0 cm³/mol. The molecule has 0 radical (unpaired) electrons. The summed E-state index contributed by atoms with van der Waals surface area (Å²) < 4.78 is 0. The number of amides is 1. The summed E-state index contributed by atoms with van der Waals surface area (Å²) in [5.74, 6) is 1.25. The molecule has 4 heteroatoms. The molecule has 0 bridgehead atoms. The normalized spacial score (nSPS) is 10.6. The monoisotopic (exact) mass is 311 g/mol. The molecule has 0 spiro atoms. The minimum Gasteiger partial charge on any atom is -0.370 e. The number of rotatable bonds is 7. The molecule has 0 aliphatic carbocycles. The van der Waals surface area contributed by atoms with Crippen LogP contribution in [-0.2, 0) is 6.42 Å². The van der Waals surface area contributed by atoms with Crippen LogP contribution >= 0.6 is 0 Å². The third-order valence-corrected chi connectivity index (χ3v) is 3.67. The zero-order valence-electron chi connectivity index (χ0n) is 14.1. The summed E-state index contributed by atoms with van der Waals surface area (Å²) in [5.41, 5.74) is 2.66. The van der Waals surface area contributed by atoms with E-state index in [2.05, 4.69) is 36.4 Å². The second-order valence-electron chi connectivity index (χ2n) is 6.04. The Kier molecular flexibility index (Phi) is 6.15. The lowest BCUT2D eigenvalue weighted by Crippen LogP contribution is -2.13. The maximum Gasteiger partial charge on any atom is 0.255 e. The minimum atomic E-state index is -0.122. The van der Waals surface area contributed by atoms with Crippen molar-refractivity contribution in [2.45, 2.75) is 33.6 Å². The van der Waals surface area contributed by atoms with Crippen LogP contribution in [0.3, 0.4) is 0 Å². The molecule has 0 unspecified atom stereocenters. The van der Waals surface area contributed by atoms with Crippen LogP contribution in [-0.4, -0.2) is 17.4 Å². The number of pyridine rings is 1. The molecule has 0 aliphatic heterocycles. The van der Waals surface area contributed by atoms with Gasteiger partial charge in [0.25, 0.3) is 5.91 Å². The lowest BCUT2D eigenvalue weighted by Gasteiger charge is -2.09. The molecule has 1 heterocycles. The molecule has 0 aliphatic rings. The second kappa shape index (κ2) is 8.32. The highest BCUT2D eigenvalue weighted by molar-refractivity contribution is 6.04. The summed E-state index contributed by atoms with van der Waals surface area (Å²) >= 11 is 0. The zero-order chi connectivity index (χ0) is 16.7. The average molecular weight is 311 g/mol. The molecule has 1 aromatic heterocycles. The van der Waals surface area contributed by atoms with Gasteiger partial charge in [-0.3, -0.25) is 4.79 Å². The number of aromatic nitrogens is 1. The van der Waals surface area contributed by atoms with Crippen molar-refractivity contribution in [1.29, 1.82) is 0 Å². The molecule has 0 saturated carbocycles. The lowest BCUT2D eigenvalue weighted by atomic mass is 10.1. The molecule has 0 atom stereocenters. The van der Waals surface area contributed by atoms with Gasteiger partial charge in [-0.1, -0.05) is 32.9 Å². The summed E-state index contributed by atoms with van der Waals surface area (Å²) in [6, 6.07) is 11.4. The Hall–Kier alpha value is -2.36. The van der Waals surface area contributed by atoms with Crippen molar-refractivity contribution in [1.82, 2.24) is 4.98 Å². The highest BCUT2D eigenvalue weighted by Gasteiger charge is 2.07. The number of nitrogens with zero attached hydrogens (tertiary/aromatic N) is 1. The fourth-order valence-electron chi connectivity index (χ4n) is 2.18. The summed E-state index contributed by atoms with van der Waals surface area (Å²) in [6.07, 6.45) is 3.72. The standard InChI is InChI=1S/C19H25N3O/c1-4-15-5-7-17(8-6-15)22-19(23)16-10-12-21-18(13-16)20-11-9-14(2)3/h5-8,10,12-14H,4,9,11H2,1-3H3,(H,20,21)(H,22,23). The van der Waals surface area contributed by atoms with Crippen LogP contribution in [0.15, 0.2) is 42.6 Å². The molecule has 0 fully saturated rings. The van der Waals surface area contributed by atoms with E-state index in [0.717, 1.165) is 30.9 Å². The quantitative estimate of drug-likeness (QED) is 0.799. The van der Waals surface area contributed by atoms with Crippen LogP contribution in [0, 0.1) is 5.92 Å². The minimum absolute atomic E-state index is 0.122. The number of carbonyl (C=O) groups is 1. The SMILES string of the molecule is CCc1ccc(NC(=O)c2ccnc(NCCC(C)C)c2)cc1. The van der Waals surface area contributed by atoms with E-state index >= 15 is 0 Å². The molecule has 2 N–H and O–H groups in total. The number of carbonyl (C=O) groups excluding carboxylic acids is 1. The molecule has 4 nitrogen and oxygen atoms in total. The van der Waals surface area contributed by atoms with Gasteiger partial charge in [-0.15, -0.1) is 0 Å². The molecule has 122 valence electrons. The zero-order valence-corrected chi connectivity index (χ0v) is 14.1. The first kappa shape index (κ1) is 17.0. The van der Waals surface area contributed by atoms with E-state index in [1.165, 1.54) is 5.56 Å². The number of benzene rings is 1. The van der Waals surface area contributed by atoms with Crippen LogP contribution in [0.1, 0.15) is 43.1 Å². The largest absolute Gasteiger partial charge is 0.370 e. The highest BCUT2D eigenvalue weighted by Crippen LogP contribution is 2.13. The van der Waals surface area contributed by atoms with Gasteiger partial charge in [-0.05, 0) is 48.6 Å². The van der Waals surface area contributed by atoms with E-state index in [0.29, 0.717) is 11.5 Å². The smallest absolute Gasteiger partial charge is 0.255 e. The Morgan fingerprint density at radius 2 is 1.91 bits per heavy atom. The van der Waals surface area contributed by atoms with Crippen LogP contribution in [0.4, 0.5) is 11.5 Å². The van der Waals surface area contributed by atoms with Crippen molar-refractivity contribution in [2.24, 2.45) is 5.92 Å². The molecule has 2 rings (SSSR count). The van der Waals surface area contributed by atoms with Crippen molar-refractivity contribution in [3.05, 3.63) is 53.7 Å². The van der Waals surface area contributed by atoms with Crippen molar-refractivity contribution in [3.8, 4) is 0 Å². The van der Waals surface area contributed by atoms with Crippen LogP contribution in [0.2, 0.25) is 0 Å². The fraction of sp³-hybridized carbons (Fsp3) is 0.368. The van der Waals surface area contributed by atoms with Gasteiger partial charge in [0.15, 0.2) is 0 Å². The van der Waals surface area contributed by atoms with Gasteiger partial charge in [-0.25, -0.2) is 4.98 Å². The van der Waals surface area contributed by atoms with Crippen LogP contribution in [0.5, 0.6) is 0 Å². The Bertz CT molecular complexity index is 635. The summed E-state index contributed by atoms with van der Waals surface area (Å²) in [5, 5.41) is 6.18. The highest BCUT2D eigenvalue weighted by atomic mass is 16.1. The predicted octanol–water partition coefficient (Wildman–Crippen LogP) is 4.35.